The van der Waals surface area contributed by atoms with E-state index in [1.54, 1.807) is 0 Å². The largest absolute Gasteiger partial charge is 0.425 e. The number of hydrogen-bond acceptors (Lipinski definition) is 4. The highest BCUT2D eigenvalue weighted by Crippen LogP contribution is 2.51. The first-order valence-corrected chi connectivity index (χ1v) is 10.1. The van der Waals surface area contributed by atoms with Crippen molar-refractivity contribution in [1.82, 2.24) is 0 Å². The van der Waals surface area contributed by atoms with Gasteiger partial charge in [0.25, 0.3) is 0 Å². The molecule has 0 amide bonds. The van der Waals surface area contributed by atoms with Crippen molar-refractivity contribution in [1.29, 1.82) is 0 Å². The highest BCUT2D eigenvalue weighted by atomic mass is 79.9. The molecule has 0 saturated heterocycles. The predicted molar refractivity (Wildman–Crippen MR) is 98.4 cm³/mol. The number of hydrogen-bond donors (Lipinski definition) is 0. The molecule has 0 radical (unpaired) electrons. The molecular weight excluding hydrogens is 436 g/mol. The predicted octanol–water partition coefficient (Wildman–Crippen LogP) is 6.10. The smallest absolute Gasteiger partial charge is 0.159 e. The molecule has 0 bridgehead atoms. The molecule has 21 heavy (non-hydrogen) atoms. The number of halogens is 2. The van der Waals surface area contributed by atoms with Gasteiger partial charge in [-0.1, -0.05) is 12.1 Å². The van der Waals surface area contributed by atoms with E-state index in [1.807, 2.05) is 24.6 Å². The zero-order chi connectivity index (χ0) is 15.0. The summed E-state index contributed by atoms with van der Waals surface area (Å²) in [5, 5.41) is 0. The summed E-state index contributed by atoms with van der Waals surface area (Å²) in [6.07, 6.45) is 4.70. The van der Waals surface area contributed by atoms with Crippen molar-refractivity contribution in [2.24, 2.45) is 0 Å². The molecule has 0 heterocycles. The lowest BCUT2D eigenvalue weighted by Gasteiger charge is -2.12. The number of fused-ring (bicyclic) bond motifs is 3. The third-order valence-electron chi connectivity index (χ3n) is 3.38. The summed E-state index contributed by atoms with van der Waals surface area (Å²) in [5.74, 6) is 1.79. The molecule has 0 fully saturated rings. The Morgan fingerprint density at radius 1 is 0.905 bits per heavy atom. The first-order chi connectivity index (χ1) is 10.2. The van der Waals surface area contributed by atoms with E-state index in [0.717, 1.165) is 32.4 Å². The zero-order valence-electron chi connectivity index (χ0n) is 11.4. The van der Waals surface area contributed by atoms with Crippen LogP contribution >= 0.6 is 55.9 Å². The third kappa shape index (κ3) is 2.71. The molecular formula is C15H12Br2O2S2. The molecule has 0 aliphatic heterocycles. The van der Waals surface area contributed by atoms with Crippen LogP contribution in [0.25, 0.3) is 11.1 Å². The maximum Gasteiger partial charge on any atom is 0.159 e. The summed E-state index contributed by atoms with van der Waals surface area (Å²) < 4.78 is 13.5. The Morgan fingerprint density at radius 2 is 1.52 bits per heavy atom. The molecule has 0 N–H and O–H groups in total. The summed E-state index contributed by atoms with van der Waals surface area (Å²) in [7, 11) is 0. The van der Waals surface area contributed by atoms with Gasteiger partial charge in [0, 0.05) is 30.1 Å². The average Bonchev–Trinajstić information content (AvgIpc) is 2.84. The molecule has 2 aromatic carbocycles. The van der Waals surface area contributed by atoms with Gasteiger partial charge in [0.05, 0.1) is 33.0 Å². The maximum atomic E-state index is 5.78. The van der Waals surface area contributed by atoms with Crippen molar-refractivity contribution in [2.75, 3.05) is 12.5 Å². The Kier molecular flexibility index (Phi) is 4.78. The fraction of sp³-hybridized carbons (Fsp3) is 0.200. The Morgan fingerprint density at radius 3 is 2.24 bits per heavy atom. The summed E-state index contributed by atoms with van der Waals surface area (Å²) in [4.78, 5) is 0. The van der Waals surface area contributed by atoms with Gasteiger partial charge >= 0.3 is 0 Å². The van der Waals surface area contributed by atoms with Gasteiger partial charge in [-0.15, -0.1) is 0 Å². The number of benzene rings is 2. The molecule has 1 aliphatic rings. The van der Waals surface area contributed by atoms with E-state index < -0.39 is 0 Å². The molecule has 1 aliphatic carbocycles. The Balaban J connectivity index is 2.22. The van der Waals surface area contributed by atoms with Gasteiger partial charge in [-0.05, 0) is 55.1 Å². The second-order valence-corrected chi connectivity index (χ2v) is 7.20. The van der Waals surface area contributed by atoms with Gasteiger partial charge in [-0.25, -0.2) is 0 Å². The standard InChI is InChI=1S/C15H12Br2O2S2/c1-20-18-14-10-7-8-3-5-12(17)15(19-21-2)13(8)9(10)4-6-11(14)16/h3-6H,7H2,1-2H3. The normalized spacial score (nSPS) is 12.0. The van der Waals surface area contributed by atoms with Gasteiger partial charge in [-0.2, -0.15) is 0 Å². The van der Waals surface area contributed by atoms with Crippen molar-refractivity contribution in [3.8, 4) is 22.6 Å². The molecule has 0 atom stereocenters. The van der Waals surface area contributed by atoms with Crippen LogP contribution in [0.3, 0.4) is 0 Å². The summed E-state index contributed by atoms with van der Waals surface area (Å²) in [6.45, 7) is 0. The van der Waals surface area contributed by atoms with Gasteiger partial charge in [0.2, 0.25) is 0 Å². The van der Waals surface area contributed by atoms with Crippen molar-refractivity contribution < 1.29 is 8.37 Å². The van der Waals surface area contributed by atoms with E-state index in [4.69, 9.17) is 8.37 Å². The lowest BCUT2D eigenvalue weighted by molar-refractivity contribution is 0.638. The van der Waals surface area contributed by atoms with E-state index in [9.17, 15) is 0 Å². The lowest BCUT2D eigenvalue weighted by atomic mass is 10.0. The van der Waals surface area contributed by atoms with Crippen LogP contribution < -0.4 is 8.37 Å². The van der Waals surface area contributed by atoms with Crippen LogP contribution in [0.2, 0.25) is 0 Å². The first kappa shape index (κ1) is 15.6. The fourth-order valence-electron chi connectivity index (χ4n) is 2.58. The minimum Gasteiger partial charge on any atom is -0.425 e. The summed E-state index contributed by atoms with van der Waals surface area (Å²) in [5.41, 5.74) is 4.81. The molecule has 6 heteroatoms. The van der Waals surface area contributed by atoms with Crippen molar-refractivity contribution in [2.45, 2.75) is 6.42 Å². The third-order valence-corrected chi connectivity index (χ3v) is 5.29. The van der Waals surface area contributed by atoms with Crippen LogP contribution in [0.1, 0.15) is 11.1 Å². The Labute approximate surface area is 149 Å². The van der Waals surface area contributed by atoms with Gasteiger partial charge in [0.1, 0.15) is 0 Å². The van der Waals surface area contributed by atoms with E-state index in [0.29, 0.717) is 0 Å². The van der Waals surface area contributed by atoms with Crippen molar-refractivity contribution >= 4 is 55.9 Å². The van der Waals surface area contributed by atoms with Crippen LogP contribution in [0.5, 0.6) is 11.5 Å². The van der Waals surface area contributed by atoms with Gasteiger partial charge in [0.15, 0.2) is 11.5 Å². The van der Waals surface area contributed by atoms with Crippen molar-refractivity contribution in [3.05, 3.63) is 44.3 Å². The summed E-state index contributed by atoms with van der Waals surface area (Å²) in [6, 6.07) is 8.34. The van der Waals surface area contributed by atoms with Crippen LogP contribution in [-0.2, 0) is 6.42 Å². The molecule has 110 valence electrons. The maximum absolute atomic E-state index is 5.78. The first-order valence-electron chi connectivity index (χ1n) is 6.21. The molecule has 2 nitrogen and oxygen atoms in total. The van der Waals surface area contributed by atoms with Crippen molar-refractivity contribution in [3.63, 3.8) is 0 Å². The highest BCUT2D eigenvalue weighted by Gasteiger charge is 2.28. The zero-order valence-corrected chi connectivity index (χ0v) is 16.2. The topological polar surface area (TPSA) is 18.5 Å². The average molecular weight is 448 g/mol. The second-order valence-electron chi connectivity index (χ2n) is 4.49. The van der Waals surface area contributed by atoms with Crippen LogP contribution in [0.15, 0.2) is 33.2 Å². The lowest BCUT2D eigenvalue weighted by Crippen LogP contribution is -1.90. The van der Waals surface area contributed by atoms with E-state index in [1.165, 1.54) is 40.8 Å². The molecule has 0 saturated carbocycles. The Bertz CT molecular complexity index is 705. The Hall–Kier alpha value is -0.300. The second kappa shape index (κ2) is 6.44. The highest BCUT2D eigenvalue weighted by molar-refractivity contribution is 9.11. The quantitative estimate of drug-likeness (QED) is 0.449. The van der Waals surface area contributed by atoms with E-state index in [2.05, 4.69) is 44.0 Å². The molecule has 0 unspecified atom stereocenters. The monoisotopic (exact) mass is 446 g/mol. The van der Waals surface area contributed by atoms with Gasteiger partial charge < -0.3 is 8.37 Å². The minimum atomic E-state index is 0.859. The van der Waals surface area contributed by atoms with E-state index >= 15 is 0 Å². The van der Waals surface area contributed by atoms with E-state index in [-0.39, 0.29) is 0 Å². The molecule has 2 aromatic rings. The molecule has 0 aromatic heterocycles. The van der Waals surface area contributed by atoms with Crippen LogP contribution in [0, 0.1) is 0 Å². The minimum absolute atomic E-state index is 0.859. The SMILES string of the molecule is CSOc1c(Br)ccc2c1Cc1ccc(Br)c(OSC)c1-2. The molecule has 3 rings (SSSR count). The van der Waals surface area contributed by atoms with Gasteiger partial charge in [-0.3, -0.25) is 0 Å². The van der Waals surface area contributed by atoms with Crippen LogP contribution in [-0.4, -0.2) is 12.5 Å². The number of rotatable bonds is 4. The molecule has 0 spiro atoms. The fourth-order valence-corrected chi connectivity index (χ4v) is 4.35. The summed E-state index contributed by atoms with van der Waals surface area (Å²) >= 11 is 9.87. The van der Waals surface area contributed by atoms with Crippen LogP contribution in [0.4, 0.5) is 0 Å².